The molecule has 2 atom stereocenters. The number of hydrogen-bond donors (Lipinski definition) is 1. The third-order valence-corrected chi connectivity index (χ3v) is 4.83. The molecular weight excluding hydrogens is 310 g/mol. The Morgan fingerprint density at radius 1 is 1.33 bits per heavy atom. The fourth-order valence-electron chi connectivity index (χ4n) is 2.22. The molecule has 0 saturated carbocycles. The Labute approximate surface area is 132 Å². The van der Waals surface area contributed by atoms with E-state index in [2.05, 4.69) is 10.1 Å². The average molecular weight is 326 g/mol. The third-order valence-electron chi connectivity index (χ3n) is 3.32. The van der Waals surface area contributed by atoms with Gasteiger partial charge in [-0.15, -0.1) is 11.8 Å². The number of halogens is 1. The van der Waals surface area contributed by atoms with Crippen LogP contribution in [0.15, 0.2) is 33.7 Å². The van der Waals surface area contributed by atoms with Gasteiger partial charge in [0.05, 0.1) is 16.9 Å². The number of nitrogens with two attached hydrogens (primary N) is 1. The maximum absolute atomic E-state index is 6.11. The van der Waals surface area contributed by atoms with Crippen molar-refractivity contribution in [2.24, 2.45) is 5.73 Å². The molecule has 1 saturated heterocycles. The van der Waals surface area contributed by atoms with Gasteiger partial charge in [-0.1, -0.05) is 28.9 Å². The van der Waals surface area contributed by atoms with E-state index in [0.29, 0.717) is 24.0 Å². The molecule has 21 heavy (non-hydrogen) atoms. The van der Waals surface area contributed by atoms with E-state index in [9.17, 15) is 0 Å². The van der Waals surface area contributed by atoms with Gasteiger partial charge in [-0.3, -0.25) is 0 Å². The van der Waals surface area contributed by atoms with Gasteiger partial charge in [0, 0.05) is 11.4 Å². The maximum atomic E-state index is 6.11. The summed E-state index contributed by atoms with van der Waals surface area (Å²) in [5, 5.41) is 4.73. The van der Waals surface area contributed by atoms with Gasteiger partial charge in [0.2, 0.25) is 0 Å². The van der Waals surface area contributed by atoms with E-state index in [1.54, 1.807) is 11.8 Å². The minimum absolute atomic E-state index is 0.0999. The standard InChI is InChI=1S/C14H16ClN3O2S/c15-10-3-1-2-4-12(10)21-8-13-17-14(20-18-13)11-6-5-9(7-16)19-11/h1-4,9,11H,5-8,16H2. The molecule has 3 rings (SSSR count). The van der Waals surface area contributed by atoms with Crippen molar-refractivity contribution in [1.82, 2.24) is 10.1 Å². The van der Waals surface area contributed by atoms with Crippen LogP contribution in [0.2, 0.25) is 5.02 Å². The molecule has 0 radical (unpaired) electrons. The maximum Gasteiger partial charge on any atom is 0.255 e. The zero-order chi connectivity index (χ0) is 14.7. The number of thioether (sulfide) groups is 1. The molecule has 2 unspecified atom stereocenters. The van der Waals surface area contributed by atoms with Gasteiger partial charge in [0.1, 0.15) is 6.10 Å². The minimum Gasteiger partial charge on any atom is -0.364 e. The van der Waals surface area contributed by atoms with E-state index in [4.69, 9.17) is 26.6 Å². The lowest BCUT2D eigenvalue weighted by Crippen LogP contribution is -2.18. The van der Waals surface area contributed by atoms with Gasteiger partial charge in [-0.2, -0.15) is 4.98 Å². The lowest BCUT2D eigenvalue weighted by Gasteiger charge is -2.07. The lowest BCUT2D eigenvalue weighted by atomic mass is 10.2. The Morgan fingerprint density at radius 2 is 2.19 bits per heavy atom. The van der Waals surface area contributed by atoms with Crippen LogP contribution in [0.25, 0.3) is 0 Å². The summed E-state index contributed by atoms with van der Waals surface area (Å²) in [5.41, 5.74) is 5.60. The highest BCUT2D eigenvalue weighted by Gasteiger charge is 2.29. The van der Waals surface area contributed by atoms with Crippen molar-refractivity contribution in [1.29, 1.82) is 0 Å². The summed E-state index contributed by atoms with van der Waals surface area (Å²) in [6.07, 6.45) is 1.79. The highest BCUT2D eigenvalue weighted by molar-refractivity contribution is 7.98. The average Bonchev–Trinajstić information content (AvgIpc) is 3.15. The summed E-state index contributed by atoms with van der Waals surface area (Å²) in [7, 11) is 0. The van der Waals surface area contributed by atoms with Crippen LogP contribution in [-0.2, 0) is 10.5 Å². The second kappa shape index (κ2) is 6.79. The first-order chi connectivity index (χ1) is 10.3. The van der Waals surface area contributed by atoms with Crippen molar-refractivity contribution < 1.29 is 9.26 Å². The zero-order valence-corrected chi connectivity index (χ0v) is 12.9. The molecule has 0 amide bonds. The van der Waals surface area contributed by atoms with E-state index >= 15 is 0 Å². The van der Waals surface area contributed by atoms with Crippen LogP contribution in [0, 0.1) is 0 Å². The molecule has 112 valence electrons. The Balaban J connectivity index is 1.60. The second-order valence-corrected chi connectivity index (χ2v) is 6.25. The van der Waals surface area contributed by atoms with Crippen LogP contribution in [0.5, 0.6) is 0 Å². The number of rotatable bonds is 5. The van der Waals surface area contributed by atoms with Crippen LogP contribution in [0.4, 0.5) is 0 Å². The molecule has 1 aliphatic rings. The molecule has 0 spiro atoms. The Kier molecular flexibility index (Phi) is 4.80. The largest absolute Gasteiger partial charge is 0.364 e. The van der Waals surface area contributed by atoms with Crippen LogP contribution < -0.4 is 5.73 Å². The second-order valence-electron chi connectivity index (χ2n) is 4.83. The van der Waals surface area contributed by atoms with Crippen molar-refractivity contribution >= 4 is 23.4 Å². The molecule has 0 aliphatic carbocycles. The molecule has 2 heterocycles. The number of aromatic nitrogens is 2. The van der Waals surface area contributed by atoms with Crippen LogP contribution in [0.1, 0.15) is 30.7 Å². The first-order valence-electron chi connectivity index (χ1n) is 6.81. The number of ether oxygens (including phenoxy) is 1. The monoisotopic (exact) mass is 325 g/mol. The molecule has 1 aromatic heterocycles. The highest BCUT2D eigenvalue weighted by atomic mass is 35.5. The predicted molar refractivity (Wildman–Crippen MR) is 81.2 cm³/mol. The SMILES string of the molecule is NCC1CCC(c2nc(CSc3ccccc3Cl)no2)O1. The highest BCUT2D eigenvalue weighted by Crippen LogP contribution is 2.32. The van der Waals surface area contributed by atoms with Crippen LogP contribution in [-0.4, -0.2) is 22.8 Å². The summed E-state index contributed by atoms with van der Waals surface area (Å²) in [6, 6.07) is 7.70. The van der Waals surface area contributed by atoms with Crippen LogP contribution >= 0.6 is 23.4 Å². The van der Waals surface area contributed by atoms with E-state index in [1.165, 1.54) is 0 Å². The zero-order valence-electron chi connectivity index (χ0n) is 11.4. The molecule has 1 aliphatic heterocycles. The van der Waals surface area contributed by atoms with Gasteiger partial charge in [0.15, 0.2) is 5.82 Å². The first-order valence-corrected chi connectivity index (χ1v) is 8.18. The van der Waals surface area contributed by atoms with Gasteiger partial charge < -0.3 is 15.0 Å². The minimum atomic E-state index is -0.120. The molecule has 5 nitrogen and oxygen atoms in total. The molecule has 0 bridgehead atoms. The smallest absolute Gasteiger partial charge is 0.255 e. The topological polar surface area (TPSA) is 74.2 Å². The molecule has 7 heteroatoms. The summed E-state index contributed by atoms with van der Waals surface area (Å²) >= 11 is 7.70. The molecule has 1 fully saturated rings. The van der Waals surface area contributed by atoms with E-state index < -0.39 is 0 Å². The van der Waals surface area contributed by atoms with Crippen molar-refractivity contribution in [3.63, 3.8) is 0 Å². The van der Waals surface area contributed by atoms with Gasteiger partial charge in [0.25, 0.3) is 5.89 Å². The quantitative estimate of drug-likeness (QED) is 0.851. The van der Waals surface area contributed by atoms with Gasteiger partial charge in [-0.05, 0) is 25.0 Å². The van der Waals surface area contributed by atoms with Gasteiger partial charge in [-0.25, -0.2) is 0 Å². The summed E-state index contributed by atoms with van der Waals surface area (Å²) in [4.78, 5) is 5.40. The Morgan fingerprint density at radius 3 is 2.95 bits per heavy atom. The summed E-state index contributed by atoms with van der Waals surface area (Å²) in [6.45, 7) is 0.528. The number of hydrogen-bond acceptors (Lipinski definition) is 6. The molecular formula is C14H16ClN3O2S. The van der Waals surface area contributed by atoms with Gasteiger partial charge >= 0.3 is 0 Å². The van der Waals surface area contributed by atoms with Crippen molar-refractivity contribution in [3.05, 3.63) is 41.0 Å². The van der Waals surface area contributed by atoms with Crippen molar-refractivity contribution in [3.8, 4) is 0 Å². The number of nitrogens with zero attached hydrogens (tertiary/aromatic N) is 2. The number of benzene rings is 1. The lowest BCUT2D eigenvalue weighted by molar-refractivity contribution is 0.0307. The third kappa shape index (κ3) is 3.58. The predicted octanol–water partition coefficient (Wildman–Crippen LogP) is 3.19. The summed E-state index contributed by atoms with van der Waals surface area (Å²) < 4.78 is 11.0. The summed E-state index contributed by atoms with van der Waals surface area (Å²) in [5.74, 6) is 1.80. The van der Waals surface area contributed by atoms with E-state index in [-0.39, 0.29) is 12.2 Å². The molecule has 1 aromatic carbocycles. The molecule has 2 N–H and O–H groups in total. The molecule has 2 aromatic rings. The van der Waals surface area contributed by atoms with Crippen molar-refractivity contribution in [2.45, 2.75) is 35.7 Å². The van der Waals surface area contributed by atoms with Crippen molar-refractivity contribution in [2.75, 3.05) is 6.54 Å². The fourth-order valence-corrected chi connectivity index (χ4v) is 3.30. The van der Waals surface area contributed by atoms with E-state index in [0.717, 1.165) is 22.8 Å². The Hall–Kier alpha value is -1.08. The normalized spacial score (nSPS) is 21.8. The van der Waals surface area contributed by atoms with E-state index in [1.807, 2.05) is 24.3 Å². The first kappa shape index (κ1) is 14.8. The van der Waals surface area contributed by atoms with Crippen LogP contribution in [0.3, 0.4) is 0 Å². The fraction of sp³-hybridized carbons (Fsp3) is 0.429. The Bertz CT molecular complexity index is 607.